The second kappa shape index (κ2) is 10.7. The van der Waals surface area contributed by atoms with Crippen LogP contribution in [0.2, 0.25) is 0 Å². The molecule has 1 aromatic carbocycles. The van der Waals surface area contributed by atoms with Gasteiger partial charge in [0.1, 0.15) is 22.9 Å². The summed E-state index contributed by atoms with van der Waals surface area (Å²) < 4.78 is 16.4. The second-order valence-corrected chi connectivity index (χ2v) is 8.35. The van der Waals surface area contributed by atoms with Crippen molar-refractivity contribution in [3.8, 4) is 17.2 Å². The van der Waals surface area contributed by atoms with Gasteiger partial charge in [0.15, 0.2) is 5.96 Å². The highest BCUT2D eigenvalue weighted by Gasteiger charge is 2.25. The molecule has 0 amide bonds. The maximum Gasteiger partial charge on any atom is 0.197 e. The van der Waals surface area contributed by atoms with Gasteiger partial charge in [-0.1, -0.05) is 0 Å². The molecule has 1 atom stereocenters. The van der Waals surface area contributed by atoms with E-state index in [0.717, 1.165) is 48.2 Å². The summed E-state index contributed by atoms with van der Waals surface area (Å²) in [7, 11) is 6.93. The van der Waals surface area contributed by atoms with Crippen molar-refractivity contribution in [2.45, 2.75) is 50.9 Å². The van der Waals surface area contributed by atoms with Crippen molar-refractivity contribution in [1.82, 2.24) is 21.3 Å². The molecule has 8 nitrogen and oxygen atoms in total. The van der Waals surface area contributed by atoms with Crippen LogP contribution < -0.4 is 35.5 Å². The topological polar surface area (TPSA) is 88.2 Å². The van der Waals surface area contributed by atoms with E-state index in [0.29, 0.717) is 18.5 Å². The number of benzene rings is 1. The van der Waals surface area contributed by atoms with Crippen LogP contribution in [-0.2, 0) is 6.54 Å². The number of nitrogens with zero attached hydrogens (tertiary/aromatic N) is 1. The van der Waals surface area contributed by atoms with E-state index in [1.54, 1.807) is 21.3 Å². The molecule has 1 aliphatic heterocycles. The van der Waals surface area contributed by atoms with Crippen LogP contribution in [0.5, 0.6) is 17.2 Å². The maximum absolute atomic E-state index is 5.55. The first-order valence-electron chi connectivity index (χ1n) is 11.0. The minimum atomic E-state index is -0.255. The number of guanidine groups is 1. The minimum absolute atomic E-state index is 0.255. The molecule has 172 valence electrons. The van der Waals surface area contributed by atoms with Gasteiger partial charge >= 0.3 is 0 Å². The molecule has 1 aromatic rings. The third-order valence-corrected chi connectivity index (χ3v) is 6.21. The van der Waals surface area contributed by atoms with Crippen LogP contribution in [0, 0.1) is 5.92 Å². The number of rotatable bonds is 9. The lowest BCUT2D eigenvalue weighted by Gasteiger charge is -2.33. The Bertz CT molecular complexity index is 764. The number of hydrogen-bond donors (Lipinski definition) is 4. The molecule has 1 aliphatic carbocycles. The number of aliphatic imine (C=N–C) groups is 1. The zero-order valence-corrected chi connectivity index (χ0v) is 19.4. The molecule has 31 heavy (non-hydrogen) atoms. The number of ether oxygens (including phenoxy) is 3. The van der Waals surface area contributed by atoms with Gasteiger partial charge in [0.05, 0.1) is 32.9 Å². The minimum Gasteiger partial charge on any atom is -0.496 e. The second-order valence-electron chi connectivity index (χ2n) is 8.35. The standard InChI is InChI=1S/C23H37N5O3/c1-23(24-2)10-11-26-22(28-23)27-17-8-6-16(7-9-17)14-25-15-19-20(30-4)12-18(29-3)13-21(19)31-5/h10-13,16-17,24-25H,6-9,14-15H2,1-5H3,(H2,26,27,28). The van der Waals surface area contributed by atoms with Gasteiger partial charge in [-0.15, -0.1) is 0 Å². The van der Waals surface area contributed by atoms with E-state index >= 15 is 0 Å². The van der Waals surface area contributed by atoms with Gasteiger partial charge in [0.25, 0.3) is 0 Å². The molecule has 0 radical (unpaired) electrons. The first-order chi connectivity index (χ1) is 15.0. The Kier molecular flexibility index (Phi) is 8.03. The predicted octanol–water partition coefficient (Wildman–Crippen LogP) is 2.36. The summed E-state index contributed by atoms with van der Waals surface area (Å²) in [5.74, 6) is 3.78. The summed E-state index contributed by atoms with van der Waals surface area (Å²) in [5.41, 5.74) is 0.760. The quantitative estimate of drug-likeness (QED) is 0.477. The normalized spacial score (nSPS) is 26.8. The fourth-order valence-corrected chi connectivity index (χ4v) is 4.14. The summed E-state index contributed by atoms with van der Waals surface area (Å²) >= 11 is 0. The molecule has 2 aliphatic rings. The van der Waals surface area contributed by atoms with Crippen molar-refractivity contribution in [2.24, 2.45) is 10.9 Å². The van der Waals surface area contributed by atoms with Crippen molar-refractivity contribution in [3.05, 3.63) is 30.0 Å². The smallest absolute Gasteiger partial charge is 0.197 e. The SMILES string of the molecule is CNC1(C)C=CNC(=NC2CCC(CNCc3c(OC)cc(OC)cc3OC)CC2)N1. The molecule has 1 heterocycles. The highest BCUT2D eigenvalue weighted by molar-refractivity contribution is 5.83. The molecular weight excluding hydrogens is 394 g/mol. The molecule has 8 heteroatoms. The Hall–Kier alpha value is -2.45. The fraction of sp³-hybridized carbons (Fsp3) is 0.609. The van der Waals surface area contributed by atoms with Gasteiger partial charge in [-0.3, -0.25) is 5.32 Å². The monoisotopic (exact) mass is 431 g/mol. The van der Waals surface area contributed by atoms with Crippen molar-refractivity contribution >= 4 is 5.96 Å². The largest absolute Gasteiger partial charge is 0.496 e. The van der Waals surface area contributed by atoms with Crippen molar-refractivity contribution in [2.75, 3.05) is 34.9 Å². The van der Waals surface area contributed by atoms with E-state index in [1.807, 2.05) is 25.4 Å². The molecule has 0 aromatic heterocycles. The van der Waals surface area contributed by atoms with Gasteiger partial charge in [-0.05, 0) is 58.2 Å². The number of methoxy groups -OCH3 is 3. The Morgan fingerprint density at radius 3 is 2.32 bits per heavy atom. The van der Waals surface area contributed by atoms with Crippen molar-refractivity contribution in [3.63, 3.8) is 0 Å². The third-order valence-electron chi connectivity index (χ3n) is 6.21. The Morgan fingerprint density at radius 1 is 1.06 bits per heavy atom. The zero-order chi connectivity index (χ0) is 22.3. The van der Waals surface area contributed by atoms with E-state index < -0.39 is 0 Å². The van der Waals surface area contributed by atoms with Crippen LogP contribution in [0.15, 0.2) is 29.4 Å². The lowest BCUT2D eigenvalue weighted by molar-refractivity contribution is 0.311. The summed E-state index contributed by atoms with van der Waals surface area (Å²) in [6.45, 7) is 3.76. The number of likely N-dealkylation sites (N-methyl/N-ethyl adjacent to an activating group) is 1. The van der Waals surface area contributed by atoms with Crippen molar-refractivity contribution in [1.29, 1.82) is 0 Å². The third kappa shape index (κ3) is 6.04. The van der Waals surface area contributed by atoms with Crippen LogP contribution in [0.25, 0.3) is 0 Å². The lowest BCUT2D eigenvalue weighted by atomic mass is 9.86. The van der Waals surface area contributed by atoms with E-state index in [2.05, 4.69) is 34.3 Å². The predicted molar refractivity (Wildman–Crippen MR) is 124 cm³/mol. The van der Waals surface area contributed by atoms with Gasteiger partial charge in [-0.2, -0.15) is 0 Å². The number of nitrogens with one attached hydrogen (secondary N) is 4. The van der Waals surface area contributed by atoms with Crippen LogP contribution in [0.1, 0.15) is 38.2 Å². The van der Waals surface area contributed by atoms with Gasteiger partial charge < -0.3 is 30.2 Å². The van der Waals surface area contributed by atoms with E-state index in [4.69, 9.17) is 19.2 Å². The van der Waals surface area contributed by atoms with Gasteiger partial charge in [0.2, 0.25) is 0 Å². The molecule has 1 fully saturated rings. The zero-order valence-electron chi connectivity index (χ0n) is 19.4. The molecule has 0 saturated heterocycles. The van der Waals surface area contributed by atoms with Gasteiger partial charge in [0, 0.05) is 24.9 Å². The van der Waals surface area contributed by atoms with Crippen LogP contribution >= 0.6 is 0 Å². The van der Waals surface area contributed by atoms with Crippen LogP contribution in [0.4, 0.5) is 0 Å². The molecule has 3 rings (SSSR count). The maximum atomic E-state index is 5.55. The Balaban J connectivity index is 1.48. The van der Waals surface area contributed by atoms with E-state index in [9.17, 15) is 0 Å². The van der Waals surface area contributed by atoms with Crippen LogP contribution in [-0.4, -0.2) is 52.6 Å². The first-order valence-corrected chi connectivity index (χ1v) is 11.0. The summed E-state index contributed by atoms with van der Waals surface area (Å²) in [5, 5.41) is 13.5. The molecule has 1 unspecified atom stereocenters. The molecule has 0 spiro atoms. The fourth-order valence-electron chi connectivity index (χ4n) is 4.14. The Labute approximate surface area is 185 Å². The number of hydrogen-bond acceptors (Lipinski definition) is 6. The molecular formula is C23H37N5O3. The highest BCUT2D eigenvalue weighted by Crippen LogP contribution is 2.34. The molecule has 1 saturated carbocycles. The van der Waals surface area contributed by atoms with Gasteiger partial charge in [-0.25, -0.2) is 4.99 Å². The molecule has 4 N–H and O–H groups in total. The van der Waals surface area contributed by atoms with Crippen molar-refractivity contribution < 1.29 is 14.2 Å². The average Bonchev–Trinajstić information content (AvgIpc) is 2.80. The summed E-state index contributed by atoms with van der Waals surface area (Å²) in [6.07, 6.45) is 8.56. The van der Waals surface area contributed by atoms with Crippen LogP contribution in [0.3, 0.4) is 0 Å². The highest BCUT2D eigenvalue weighted by atomic mass is 16.5. The first kappa shape index (κ1) is 23.2. The molecule has 0 bridgehead atoms. The summed E-state index contributed by atoms with van der Waals surface area (Å²) in [6, 6.07) is 4.15. The summed E-state index contributed by atoms with van der Waals surface area (Å²) in [4.78, 5) is 4.90. The average molecular weight is 432 g/mol. The lowest BCUT2D eigenvalue weighted by Crippen LogP contribution is -2.59. The van der Waals surface area contributed by atoms with E-state index in [-0.39, 0.29) is 5.66 Å². The Morgan fingerprint density at radius 2 is 1.74 bits per heavy atom. The van der Waals surface area contributed by atoms with E-state index in [1.165, 1.54) is 12.8 Å².